The first kappa shape index (κ1) is 8.19. The predicted octanol–water partition coefficient (Wildman–Crippen LogP) is 1.32. The molecule has 1 aromatic carbocycles. The average molecular weight is 165 g/mol. The van der Waals surface area contributed by atoms with Gasteiger partial charge in [-0.2, -0.15) is 5.43 Å². The Morgan fingerprint density at radius 3 is 2.67 bits per heavy atom. The van der Waals surface area contributed by atoms with Crippen LogP contribution in [0.3, 0.4) is 0 Å². The zero-order chi connectivity index (χ0) is 8.81. The summed E-state index contributed by atoms with van der Waals surface area (Å²) in [6.07, 6.45) is 0.604. The average Bonchev–Trinajstić information content (AvgIpc) is 2.05. The molecule has 0 heterocycles. The van der Waals surface area contributed by atoms with E-state index in [0.29, 0.717) is 6.34 Å². The molecular weight excluding hydrogens is 158 g/mol. The Hall–Kier alpha value is -1.91. The summed E-state index contributed by atoms with van der Waals surface area (Å²) in [6, 6.07) is 8.99. The van der Waals surface area contributed by atoms with Crippen LogP contribution in [0.1, 0.15) is 0 Å². The Morgan fingerprint density at radius 2 is 2.08 bits per heavy atom. The van der Waals surface area contributed by atoms with E-state index in [1.807, 2.05) is 18.2 Å². The van der Waals surface area contributed by atoms with Crippen LogP contribution in [0.5, 0.6) is 0 Å². The quantitative estimate of drug-likeness (QED) is 0.318. The minimum atomic E-state index is -0.629. The maximum absolute atomic E-state index is 9.81. The number of hydrazone groups is 1. The van der Waals surface area contributed by atoms with Crippen LogP contribution in [0.25, 0.3) is 0 Å². The normalized spacial score (nSPS) is 10.0. The maximum atomic E-state index is 9.81. The van der Waals surface area contributed by atoms with Gasteiger partial charge in [0.05, 0.1) is 5.69 Å². The van der Waals surface area contributed by atoms with Gasteiger partial charge >= 0.3 is 6.34 Å². The van der Waals surface area contributed by atoms with E-state index in [4.69, 9.17) is 0 Å². The van der Waals surface area contributed by atoms with Crippen molar-refractivity contribution in [3.05, 3.63) is 40.4 Å². The van der Waals surface area contributed by atoms with Gasteiger partial charge in [0, 0.05) is 5.10 Å². The summed E-state index contributed by atoms with van der Waals surface area (Å²) >= 11 is 0. The predicted molar refractivity (Wildman–Crippen MR) is 45.6 cm³/mol. The van der Waals surface area contributed by atoms with E-state index in [0.717, 1.165) is 5.69 Å². The Labute approximate surface area is 68.9 Å². The molecule has 0 spiro atoms. The molecule has 1 rings (SSSR count). The van der Waals surface area contributed by atoms with Crippen LogP contribution in [0.4, 0.5) is 5.69 Å². The molecule has 0 saturated heterocycles. The molecule has 1 aromatic rings. The van der Waals surface area contributed by atoms with Crippen molar-refractivity contribution in [2.24, 2.45) is 5.10 Å². The number of rotatable bonds is 3. The second kappa shape index (κ2) is 4.07. The van der Waals surface area contributed by atoms with E-state index in [-0.39, 0.29) is 0 Å². The summed E-state index contributed by atoms with van der Waals surface area (Å²) in [7, 11) is 0. The number of anilines is 1. The van der Waals surface area contributed by atoms with Gasteiger partial charge in [-0.15, -0.1) is 0 Å². The third-order valence-corrected chi connectivity index (χ3v) is 1.12. The van der Waals surface area contributed by atoms with Crippen LogP contribution >= 0.6 is 0 Å². The van der Waals surface area contributed by atoms with Crippen molar-refractivity contribution in [2.45, 2.75) is 0 Å². The molecule has 62 valence electrons. The highest BCUT2D eigenvalue weighted by atomic mass is 16.6. The van der Waals surface area contributed by atoms with Gasteiger partial charge in [-0.3, -0.25) is 0 Å². The summed E-state index contributed by atoms with van der Waals surface area (Å²) in [5, 5.41) is 13.2. The van der Waals surface area contributed by atoms with Crippen molar-refractivity contribution in [3.8, 4) is 0 Å². The molecule has 0 fully saturated rings. The van der Waals surface area contributed by atoms with Crippen LogP contribution in [-0.2, 0) is 0 Å². The van der Waals surface area contributed by atoms with Crippen molar-refractivity contribution < 1.29 is 4.92 Å². The fraction of sp³-hybridized carbons (Fsp3) is 0. The Morgan fingerprint density at radius 1 is 1.42 bits per heavy atom. The largest absolute Gasteiger partial charge is 0.358 e. The fourth-order valence-corrected chi connectivity index (χ4v) is 0.663. The van der Waals surface area contributed by atoms with Gasteiger partial charge in [-0.05, 0) is 17.1 Å². The third kappa shape index (κ3) is 2.78. The van der Waals surface area contributed by atoms with Crippen molar-refractivity contribution >= 4 is 12.0 Å². The van der Waals surface area contributed by atoms with E-state index in [1.54, 1.807) is 12.1 Å². The van der Waals surface area contributed by atoms with Gasteiger partial charge in [0.1, 0.15) is 0 Å². The van der Waals surface area contributed by atoms with Gasteiger partial charge in [-0.25, -0.2) is 0 Å². The van der Waals surface area contributed by atoms with E-state index < -0.39 is 4.92 Å². The lowest BCUT2D eigenvalue weighted by Gasteiger charge is -1.90. The molecule has 0 amide bonds. The molecule has 0 aliphatic carbocycles. The van der Waals surface area contributed by atoms with E-state index in [2.05, 4.69) is 10.5 Å². The van der Waals surface area contributed by atoms with Gasteiger partial charge in [-0.1, -0.05) is 18.2 Å². The zero-order valence-corrected chi connectivity index (χ0v) is 6.18. The SMILES string of the molecule is O=[N+]([O-])/C=N\Nc1ccccc1. The minimum Gasteiger partial charge on any atom is -0.358 e. The fourth-order valence-electron chi connectivity index (χ4n) is 0.663. The first-order valence-electron chi connectivity index (χ1n) is 3.27. The van der Waals surface area contributed by atoms with Crippen LogP contribution in [0, 0.1) is 10.1 Å². The second-order valence-electron chi connectivity index (χ2n) is 2.01. The molecule has 5 heteroatoms. The molecule has 0 saturated carbocycles. The second-order valence-corrected chi connectivity index (χ2v) is 2.01. The lowest BCUT2D eigenvalue weighted by Crippen LogP contribution is -1.96. The molecule has 0 aliphatic heterocycles. The van der Waals surface area contributed by atoms with Gasteiger partial charge < -0.3 is 10.1 Å². The molecule has 5 nitrogen and oxygen atoms in total. The molecule has 12 heavy (non-hydrogen) atoms. The molecule has 0 aliphatic rings. The highest BCUT2D eigenvalue weighted by Crippen LogP contribution is 2.03. The van der Waals surface area contributed by atoms with Crippen molar-refractivity contribution in [2.75, 3.05) is 5.43 Å². The number of benzene rings is 1. The summed E-state index contributed by atoms with van der Waals surface area (Å²) in [6.45, 7) is 0. The monoisotopic (exact) mass is 165 g/mol. The summed E-state index contributed by atoms with van der Waals surface area (Å²) < 4.78 is 0. The van der Waals surface area contributed by atoms with Crippen LogP contribution in [0.15, 0.2) is 35.4 Å². The van der Waals surface area contributed by atoms with Crippen LogP contribution in [-0.4, -0.2) is 11.3 Å². The van der Waals surface area contributed by atoms with E-state index in [1.165, 1.54) is 0 Å². The summed E-state index contributed by atoms with van der Waals surface area (Å²) in [5.74, 6) is 0. The summed E-state index contributed by atoms with van der Waals surface area (Å²) in [4.78, 5) is 9.18. The Kier molecular flexibility index (Phi) is 2.78. The van der Waals surface area contributed by atoms with Crippen molar-refractivity contribution in [1.29, 1.82) is 0 Å². The van der Waals surface area contributed by atoms with Gasteiger partial charge in [0.25, 0.3) is 0 Å². The highest BCUT2D eigenvalue weighted by Gasteiger charge is 1.89. The van der Waals surface area contributed by atoms with E-state index >= 15 is 0 Å². The first-order chi connectivity index (χ1) is 5.79. The number of hydrogen-bond acceptors (Lipinski definition) is 4. The Bertz CT molecular complexity index is 284. The third-order valence-electron chi connectivity index (χ3n) is 1.12. The maximum Gasteiger partial charge on any atom is 0.352 e. The standard InChI is InChI=1S/C7H7N3O2/c11-10(12)6-8-9-7-4-2-1-3-5-7/h1-6,9H/b8-6-. The smallest absolute Gasteiger partial charge is 0.352 e. The number of nitrogens with zero attached hydrogens (tertiary/aromatic N) is 2. The highest BCUT2D eigenvalue weighted by molar-refractivity contribution is 5.49. The number of hydrogen-bond donors (Lipinski definition) is 1. The molecule has 1 N–H and O–H groups in total. The molecule has 0 unspecified atom stereocenters. The van der Waals surface area contributed by atoms with E-state index in [9.17, 15) is 10.1 Å². The molecular formula is C7H7N3O2. The topological polar surface area (TPSA) is 67.5 Å². The molecule has 0 aromatic heterocycles. The molecule has 0 bridgehead atoms. The number of para-hydroxylation sites is 1. The van der Waals surface area contributed by atoms with Crippen molar-refractivity contribution in [3.63, 3.8) is 0 Å². The Balaban J connectivity index is 2.49. The molecule has 0 atom stereocenters. The zero-order valence-electron chi connectivity index (χ0n) is 6.18. The molecule has 0 radical (unpaired) electrons. The summed E-state index contributed by atoms with van der Waals surface area (Å²) in [5.41, 5.74) is 3.22. The minimum absolute atomic E-state index is 0.604. The lowest BCUT2D eigenvalue weighted by molar-refractivity contribution is -0.339. The number of nitrogens with one attached hydrogen (secondary N) is 1. The van der Waals surface area contributed by atoms with Crippen LogP contribution in [0.2, 0.25) is 0 Å². The van der Waals surface area contributed by atoms with Gasteiger partial charge in [0.15, 0.2) is 0 Å². The number of nitro groups is 1. The van der Waals surface area contributed by atoms with Crippen molar-refractivity contribution in [1.82, 2.24) is 0 Å². The van der Waals surface area contributed by atoms with Gasteiger partial charge in [0.2, 0.25) is 0 Å². The van der Waals surface area contributed by atoms with Crippen LogP contribution < -0.4 is 5.43 Å². The first-order valence-corrected chi connectivity index (χ1v) is 3.27. The lowest BCUT2D eigenvalue weighted by atomic mass is 10.3.